The second-order valence-corrected chi connectivity index (χ2v) is 3.67. The minimum Gasteiger partial charge on any atom is -0.434 e. The molecule has 1 aromatic rings. The molecule has 4 nitrogen and oxygen atoms in total. The first kappa shape index (κ1) is 14.3. The highest BCUT2D eigenvalue weighted by Crippen LogP contribution is 2.20. The molecule has 1 rings (SSSR count). The van der Waals surface area contributed by atoms with Crippen molar-refractivity contribution < 1.29 is 13.5 Å². The Bertz CT molecular complexity index is 452. The van der Waals surface area contributed by atoms with Gasteiger partial charge in [-0.25, -0.2) is 0 Å². The SMILES string of the molecule is CNC(=S)N/N=C(\C)c1ccccc1OC(F)F. The number of alkyl halides is 2. The van der Waals surface area contributed by atoms with Crippen LogP contribution in [0.2, 0.25) is 0 Å². The van der Waals surface area contributed by atoms with E-state index in [1.165, 1.54) is 6.07 Å². The van der Waals surface area contributed by atoms with Gasteiger partial charge in [0, 0.05) is 12.6 Å². The molecule has 0 aliphatic rings. The van der Waals surface area contributed by atoms with Crippen molar-refractivity contribution in [1.29, 1.82) is 0 Å². The summed E-state index contributed by atoms with van der Waals surface area (Å²) in [5, 5.41) is 6.99. The molecule has 7 heteroatoms. The van der Waals surface area contributed by atoms with E-state index in [0.717, 1.165) is 0 Å². The average Bonchev–Trinajstić information content (AvgIpc) is 2.35. The highest BCUT2D eigenvalue weighted by atomic mass is 32.1. The summed E-state index contributed by atoms with van der Waals surface area (Å²) in [5.41, 5.74) is 3.54. The number of nitrogens with one attached hydrogen (secondary N) is 2. The van der Waals surface area contributed by atoms with E-state index in [1.807, 2.05) is 0 Å². The van der Waals surface area contributed by atoms with Crippen molar-refractivity contribution in [2.24, 2.45) is 5.10 Å². The fourth-order valence-corrected chi connectivity index (χ4v) is 1.26. The smallest absolute Gasteiger partial charge is 0.387 e. The van der Waals surface area contributed by atoms with Gasteiger partial charge in [0.1, 0.15) is 5.75 Å². The summed E-state index contributed by atoms with van der Waals surface area (Å²) in [5.74, 6) is 0.0749. The van der Waals surface area contributed by atoms with Crippen LogP contribution in [-0.4, -0.2) is 24.5 Å². The molecule has 0 spiro atoms. The molecule has 98 valence electrons. The molecular formula is C11H13F2N3OS. The molecule has 0 saturated heterocycles. The quantitative estimate of drug-likeness (QED) is 0.501. The molecule has 1 aromatic carbocycles. The van der Waals surface area contributed by atoms with Gasteiger partial charge in [-0.05, 0) is 31.3 Å². The van der Waals surface area contributed by atoms with Crippen LogP contribution in [0, 0.1) is 0 Å². The number of thiocarbonyl (C=S) groups is 1. The van der Waals surface area contributed by atoms with Crippen molar-refractivity contribution in [1.82, 2.24) is 10.7 Å². The second-order valence-electron chi connectivity index (χ2n) is 3.26. The Morgan fingerprint density at radius 2 is 2.06 bits per heavy atom. The van der Waals surface area contributed by atoms with Crippen LogP contribution in [0.1, 0.15) is 12.5 Å². The van der Waals surface area contributed by atoms with Crippen LogP contribution in [0.5, 0.6) is 5.75 Å². The highest BCUT2D eigenvalue weighted by molar-refractivity contribution is 7.80. The van der Waals surface area contributed by atoms with Crippen LogP contribution < -0.4 is 15.5 Å². The monoisotopic (exact) mass is 273 g/mol. The van der Waals surface area contributed by atoms with Crippen molar-refractivity contribution in [3.05, 3.63) is 29.8 Å². The number of benzene rings is 1. The molecule has 0 fully saturated rings. The Labute approximate surface area is 109 Å². The molecule has 0 aliphatic heterocycles. The predicted molar refractivity (Wildman–Crippen MR) is 70.1 cm³/mol. The van der Waals surface area contributed by atoms with E-state index in [1.54, 1.807) is 32.2 Å². The van der Waals surface area contributed by atoms with E-state index in [-0.39, 0.29) is 5.75 Å². The first-order valence-electron chi connectivity index (χ1n) is 5.10. The van der Waals surface area contributed by atoms with E-state index in [0.29, 0.717) is 16.4 Å². The van der Waals surface area contributed by atoms with E-state index < -0.39 is 6.61 Å². The molecule has 0 radical (unpaired) electrons. The number of ether oxygens (including phenoxy) is 1. The number of rotatable bonds is 4. The molecule has 0 unspecified atom stereocenters. The summed E-state index contributed by atoms with van der Waals surface area (Å²) in [4.78, 5) is 0. The lowest BCUT2D eigenvalue weighted by Gasteiger charge is -2.10. The van der Waals surface area contributed by atoms with Crippen molar-refractivity contribution in [2.75, 3.05) is 7.05 Å². The minimum absolute atomic E-state index is 0.0749. The largest absolute Gasteiger partial charge is 0.434 e. The van der Waals surface area contributed by atoms with E-state index in [2.05, 4.69) is 20.6 Å². The summed E-state index contributed by atoms with van der Waals surface area (Å²) in [6.45, 7) is -1.20. The van der Waals surface area contributed by atoms with Crippen LogP contribution in [0.4, 0.5) is 8.78 Å². The molecular weight excluding hydrogens is 260 g/mol. The van der Waals surface area contributed by atoms with Crippen LogP contribution in [0.3, 0.4) is 0 Å². The second kappa shape index (κ2) is 6.85. The molecule has 2 N–H and O–H groups in total. The Morgan fingerprint density at radius 1 is 1.39 bits per heavy atom. The van der Waals surface area contributed by atoms with Crippen LogP contribution in [0.25, 0.3) is 0 Å². The van der Waals surface area contributed by atoms with Gasteiger partial charge in [0.05, 0.1) is 5.71 Å². The third-order valence-corrected chi connectivity index (χ3v) is 2.34. The maximum absolute atomic E-state index is 12.2. The van der Waals surface area contributed by atoms with Gasteiger partial charge in [-0.2, -0.15) is 13.9 Å². The van der Waals surface area contributed by atoms with E-state index in [9.17, 15) is 8.78 Å². The van der Waals surface area contributed by atoms with Crippen molar-refractivity contribution in [2.45, 2.75) is 13.5 Å². The number of nitrogens with zero attached hydrogens (tertiary/aromatic N) is 1. The first-order chi connectivity index (χ1) is 8.54. The van der Waals surface area contributed by atoms with Gasteiger partial charge in [-0.15, -0.1) is 0 Å². The number of hydrogen-bond donors (Lipinski definition) is 2. The molecule has 0 bridgehead atoms. The molecule has 0 amide bonds. The lowest BCUT2D eigenvalue weighted by atomic mass is 10.1. The van der Waals surface area contributed by atoms with Gasteiger partial charge in [0.25, 0.3) is 0 Å². The molecule has 0 aliphatic carbocycles. The van der Waals surface area contributed by atoms with Gasteiger partial charge in [0.2, 0.25) is 0 Å². The number of para-hydroxylation sites is 1. The minimum atomic E-state index is -2.87. The highest BCUT2D eigenvalue weighted by Gasteiger charge is 2.10. The zero-order chi connectivity index (χ0) is 13.5. The predicted octanol–water partition coefficient (Wildman–Crippen LogP) is 2.11. The normalized spacial score (nSPS) is 11.3. The van der Waals surface area contributed by atoms with Crippen LogP contribution in [0.15, 0.2) is 29.4 Å². The van der Waals surface area contributed by atoms with Crippen LogP contribution >= 0.6 is 12.2 Å². The topological polar surface area (TPSA) is 45.7 Å². The summed E-state index contributed by atoms with van der Waals surface area (Å²) in [7, 11) is 1.65. The van der Waals surface area contributed by atoms with Crippen molar-refractivity contribution in [3.8, 4) is 5.75 Å². The van der Waals surface area contributed by atoms with Gasteiger partial charge in [-0.3, -0.25) is 5.43 Å². The fourth-order valence-electron chi connectivity index (χ4n) is 1.22. The van der Waals surface area contributed by atoms with Gasteiger partial charge in [0.15, 0.2) is 5.11 Å². The molecule has 0 heterocycles. The maximum atomic E-state index is 12.2. The third-order valence-electron chi connectivity index (χ3n) is 2.05. The number of halogens is 2. The van der Waals surface area contributed by atoms with Gasteiger partial charge < -0.3 is 10.1 Å². The lowest BCUT2D eigenvalue weighted by Crippen LogP contribution is -2.29. The number of hydrazone groups is 1. The van der Waals surface area contributed by atoms with Gasteiger partial charge >= 0.3 is 6.61 Å². The zero-order valence-corrected chi connectivity index (χ0v) is 10.7. The van der Waals surface area contributed by atoms with Gasteiger partial charge in [-0.1, -0.05) is 12.1 Å². The summed E-state index contributed by atoms with van der Waals surface area (Å²) in [6.07, 6.45) is 0. The fraction of sp³-hybridized carbons (Fsp3) is 0.273. The Balaban J connectivity index is 2.90. The first-order valence-corrected chi connectivity index (χ1v) is 5.51. The molecule has 0 aromatic heterocycles. The third kappa shape index (κ3) is 4.25. The summed E-state index contributed by atoms with van der Waals surface area (Å²) >= 11 is 4.85. The standard InChI is InChI=1S/C11H13F2N3OS/c1-7(15-16-11(18)14-2)8-5-3-4-6-9(8)17-10(12)13/h3-6,10H,1-2H3,(H2,14,16,18)/b15-7+. The van der Waals surface area contributed by atoms with Crippen LogP contribution in [-0.2, 0) is 0 Å². The average molecular weight is 273 g/mol. The lowest BCUT2D eigenvalue weighted by molar-refractivity contribution is -0.0499. The maximum Gasteiger partial charge on any atom is 0.387 e. The van der Waals surface area contributed by atoms with E-state index in [4.69, 9.17) is 12.2 Å². The van der Waals surface area contributed by atoms with Crippen molar-refractivity contribution >= 4 is 23.0 Å². The Hall–Kier alpha value is -1.76. The van der Waals surface area contributed by atoms with E-state index >= 15 is 0 Å². The summed E-state index contributed by atoms with van der Waals surface area (Å²) in [6, 6.07) is 6.42. The Kier molecular flexibility index (Phi) is 5.44. The Morgan fingerprint density at radius 3 is 2.67 bits per heavy atom. The van der Waals surface area contributed by atoms with Crippen molar-refractivity contribution in [3.63, 3.8) is 0 Å². The molecule has 0 atom stereocenters. The molecule has 18 heavy (non-hydrogen) atoms. The summed E-state index contributed by atoms with van der Waals surface area (Å²) < 4.78 is 28.9. The number of hydrogen-bond acceptors (Lipinski definition) is 3. The molecule has 0 saturated carbocycles. The zero-order valence-electron chi connectivity index (χ0n) is 9.91.